The number of aliphatic hydroxyl groups excluding tert-OH is 1. The summed E-state index contributed by atoms with van der Waals surface area (Å²) in [5, 5.41) is 9.19. The topological polar surface area (TPSA) is 75.8 Å². The number of carbonyl (C=O) groups excluding carboxylic acids is 1. The van der Waals surface area contributed by atoms with Crippen molar-refractivity contribution in [2.45, 2.75) is 31.6 Å². The van der Waals surface area contributed by atoms with Crippen molar-refractivity contribution >= 4 is 5.91 Å². The number of morpholine rings is 1. The Morgan fingerprint density at radius 1 is 1.45 bits per heavy atom. The van der Waals surface area contributed by atoms with Crippen molar-refractivity contribution in [1.29, 1.82) is 0 Å². The van der Waals surface area contributed by atoms with Crippen LogP contribution in [0.4, 0.5) is 0 Å². The molecule has 20 heavy (non-hydrogen) atoms. The van der Waals surface area contributed by atoms with Gasteiger partial charge in [0, 0.05) is 13.1 Å². The fourth-order valence-corrected chi connectivity index (χ4v) is 2.52. The van der Waals surface area contributed by atoms with Crippen molar-refractivity contribution in [3.05, 3.63) is 35.9 Å². The molecule has 1 aromatic carbocycles. The number of nitrogens with zero attached hydrogens (tertiary/aromatic N) is 1. The number of carbonyl (C=O) groups is 1. The fraction of sp³-hybridized carbons (Fsp3) is 0.533. The standard InChI is InChI=1S/C15H22N2O3/c1-11-8-17(9-13(10-18)20-11)15(19)14(16)7-12-5-3-2-4-6-12/h2-6,11,13-14,18H,7-10,16H2,1H3/t11?,13?,14-/m0/s1. The van der Waals surface area contributed by atoms with Crippen LogP contribution in [-0.2, 0) is 16.0 Å². The maximum atomic E-state index is 12.4. The van der Waals surface area contributed by atoms with E-state index in [4.69, 9.17) is 10.5 Å². The molecule has 1 saturated heterocycles. The van der Waals surface area contributed by atoms with Crippen molar-refractivity contribution in [3.8, 4) is 0 Å². The van der Waals surface area contributed by atoms with Gasteiger partial charge in [-0.05, 0) is 18.9 Å². The van der Waals surface area contributed by atoms with Crippen LogP contribution in [0.5, 0.6) is 0 Å². The largest absolute Gasteiger partial charge is 0.394 e. The highest BCUT2D eigenvalue weighted by atomic mass is 16.5. The van der Waals surface area contributed by atoms with Crippen LogP contribution in [0, 0.1) is 0 Å². The Bertz CT molecular complexity index is 438. The minimum absolute atomic E-state index is 0.0752. The van der Waals surface area contributed by atoms with E-state index in [0.717, 1.165) is 5.56 Å². The number of hydrogen-bond donors (Lipinski definition) is 2. The van der Waals surface area contributed by atoms with E-state index in [9.17, 15) is 9.90 Å². The van der Waals surface area contributed by atoms with E-state index < -0.39 is 6.04 Å². The molecule has 0 aliphatic carbocycles. The van der Waals surface area contributed by atoms with Gasteiger partial charge in [-0.15, -0.1) is 0 Å². The molecule has 1 aliphatic heterocycles. The molecule has 0 aromatic heterocycles. The first-order valence-corrected chi connectivity index (χ1v) is 6.94. The third-order valence-electron chi connectivity index (χ3n) is 3.46. The van der Waals surface area contributed by atoms with Gasteiger partial charge in [-0.25, -0.2) is 0 Å². The summed E-state index contributed by atoms with van der Waals surface area (Å²) >= 11 is 0. The number of nitrogens with two attached hydrogens (primary N) is 1. The molecule has 5 heteroatoms. The fourth-order valence-electron chi connectivity index (χ4n) is 2.52. The summed E-state index contributed by atoms with van der Waals surface area (Å²) in [5.41, 5.74) is 7.07. The van der Waals surface area contributed by atoms with Crippen molar-refractivity contribution in [1.82, 2.24) is 4.90 Å². The van der Waals surface area contributed by atoms with E-state index in [-0.39, 0.29) is 24.7 Å². The second kappa shape index (κ2) is 6.83. The van der Waals surface area contributed by atoms with Crippen LogP contribution in [0.1, 0.15) is 12.5 Å². The van der Waals surface area contributed by atoms with E-state index in [1.165, 1.54) is 0 Å². The molecule has 2 unspecified atom stereocenters. The Morgan fingerprint density at radius 3 is 2.80 bits per heavy atom. The van der Waals surface area contributed by atoms with Crippen LogP contribution in [0.15, 0.2) is 30.3 Å². The summed E-state index contributed by atoms with van der Waals surface area (Å²) in [4.78, 5) is 14.1. The van der Waals surface area contributed by atoms with E-state index in [1.54, 1.807) is 4.90 Å². The molecule has 3 N–H and O–H groups in total. The molecular formula is C15H22N2O3. The van der Waals surface area contributed by atoms with Crippen LogP contribution in [0.2, 0.25) is 0 Å². The van der Waals surface area contributed by atoms with Gasteiger partial charge in [0.15, 0.2) is 0 Å². The SMILES string of the molecule is CC1CN(C(=O)[C@@H](N)Cc2ccccc2)CC(CO)O1. The molecule has 1 aliphatic rings. The van der Waals surface area contributed by atoms with Crippen LogP contribution in [-0.4, -0.2) is 53.9 Å². The van der Waals surface area contributed by atoms with E-state index in [0.29, 0.717) is 19.5 Å². The molecule has 2 rings (SSSR count). The van der Waals surface area contributed by atoms with E-state index >= 15 is 0 Å². The predicted molar refractivity (Wildman–Crippen MR) is 76.1 cm³/mol. The average molecular weight is 278 g/mol. The summed E-state index contributed by atoms with van der Waals surface area (Å²) in [6.45, 7) is 2.74. The summed E-state index contributed by atoms with van der Waals surface area (Å²) in [7, 11) is 0. The average Bonchev–Trinajstić information content (AvgIpc) is 2.46. The lowest BCUT2D eigenvalue weighted by Gasteiger charge is -2.37. The Morgan fingerprint density at radius 2 is 2.15 bits per heavy atom. The van der Waals surface area contributed by atoms with Gasteiger partial charge in [0.2, 0.25) is 5.91 Å². The molecule has 1 heterocycles. The van der Waals surface area contributed by atoms with Crippen LogP contribution in [0.25, 0.3) is 0 Å². The van der Waals surface area contributed by atoms with Crippen molar-refractivity contribution in [2.75, 3.05) is 19.7 Å². The van der Waals surface area contributed by atoms with Gasteiger partial charge in [-0.1, -0.05) is 30.3 Å². The highest BCUT2D eigenvalue weighted by molar-refractivity contribution is 5.82. The number of hydrogen-bond acceptors (Lipinski definition) is 4. The van der Waals surface area contributed by atoms with Gasteiger partial charge < -0.3 is 20.5 Å². The predicted octanol–water partition coefficient (Wildman–Crippen LogP) is 0.165. The normalized spacial score (nSPS) is 24.4. The third-order valence-corrected chi connectivity index (χ3v) is 3.46. The highest BCUT2D eigenvalue weighted by Crippen LogP contribution is 2.13. The van der Waals surface area contributed by atoms with Crippen LogP contribution < -0.4 is 5.73 Å². The number of amides is 1. The van der Waals surface area contributed by atoms with Gasteiger partial charge in [0.25, 0.3) is 0 Å². The lowest BCUT2D eigenvalue weighted by molar-refractivity contribution is -0.148. The summed E-state index contributed by atoms with van der Waals surface area (Å²) in [6, 6.07) is 9.18. The first kappa shape index (κ1) is 15.0. The molecule has 1 aromatic rings. The Labute approximate surface area is 119 Å². The van der Waals surface area contributed by atoms with E-state index in [2.05, 4.69) is 0 Å². The third kappa shape index (κ3) is 3.79. The van der Waals surface area contributed by atoms with Gasteiger partial charge >= 0.3 is 0 Å². The summed E-state index contributed by atoms with van der Waals surface area (Å²) in [6.07, 6.45) is 0.135. The molecule has 110 valence electrons. The minimum Gasteiger partial charge on any atom is -0.394 e. The Balaban J connectivity index is 1.95. The van der Waals surface area contributed by atoms with Gasteiger partial charge in [-0.2, -0.15) is 0 Å². The first-order chi connectivity index (χ1) is 9.60. The monoisotopic (exact) mass is 278 g/mol. The second-order valence-electron chi connectivity index (χ2n) is 5.29. The first-order valence-electron chi connectivity index (χ1n) is 6.94. The van der Waals surface area contributed by atoms with Crippen molar-refractivity contribution < 1.29 is 14.6 Å². The quantitative estimate of drug-likeness (QED) is 0.823. The molecule has 3 atom stereocenters. The minimum atomic E-state index is -0.554. The zero-order valence-corrected chi connectivity index (χ0v) is 11.7. The number of aliphatic hydroxyl groups is 1. The number of rotatable bonds is 4. The maximum absolute atomic E-state index is 12.4. The Kier molecular flexibility index (Phi) is 5.11. The summed E-state index contributed by atoms with van der Waals surface area (Å²) in [5.74, 6) is -0.0811. The summed E-state index contributed by atoms with van der Waals surface area (Å²) < 4.78 is 5.53. The van der Waals surface area contributed by atoms with Crippen LogP contribution >= 0.6 is 0 Å². The second-order valence-corrected chi connectivity index (χ2v) is 5.29. The molecule has 0 radical (unpaired) electrons. The van der Waals surface area contributed by atoms with Gasteiger partial charge in [0.1, 0.15) is 0 Å². The van der Waals surface area contributed by atoms with E-state index in [1.807, 2.05) is 37.3 Å². The zero-order valence-electron chi connectivity index (χ0n) is 11.7. The molecule has 1 fully saturated rings. The lowest BCUT2D eigenvalue weighted by atomic mass is 10.0. The van der Waals surface area contributed by atoms with Gasteiger partial charge in [0.05, 0.1) is 24.9 Å². The molecule has 0 saturated carbocycles. The maximum Gasteiger partial charge on any atom is 0.240 e. The van der Waals surface area contributed by atoms with Crippen molar-refractivity contribution in [3.63, 3.8) is 0 Å². The highest BCUT2D eigenvalue weighted by Gasteiger charge is 2.30. The van der Waals surface area contributed by atoms with Crippen LogP contribution in [0.3, 0.4) is 0 Å². The Hall–Kier alpha value is -1.43. The zero-order chi connectivity index (χ0) is 14.5. The van der Waals surface area contributed by atoms with Gasteiger partial charge in [-0.3, -0.25) is 4.79 Å². The molecule has 0 bridgehead atoms. The molecule has 5 nitrogen and oxygen atoms in total. The molecule has 1 amide bonds. The number of ether oxygens (including phenoxy) is 1. The smallest absolute Gasteiger partial charge is 0.240 e. The molecule has 0 spiro atoms. The lowest BCUT2D eigenvalue weighted by Crippen LogP contribution is -2.55. The number of benzene rings is 1. The van der Waals surface area contributed by atoms with Crippen molar-refractivity contribution in [2.24, 2.45) is 5.73 Å². The molecular weight excluding hydrogens is 256 g/mol.